The van der Waals surface area contributed by atoms with E-state index in [0.29, 0.717) is 31.3 Å². The first-order chi connectivity index (χ1) is 13.0. The van der Waals surface area contributed by atoms with E-state index in [1.807, 2.05) is 29.2 Å². The van der Waals surface area contributed by atoms with Crippen LogP contribution in [-0.2, 0) is 22.7 Å². The average molecular weight is 372 g/mol. The summed E-state index contributed by atoms with van der Waals surface area (Å²) < 4.78 is 5.26. The van der Waals surface area contributed by atoms with E-state index in [4.69, 9.17) is 4.74 Å². The van der Waals surface area contributed by atoms with Crippen LogP contribution in [0, 0.1) is 6.92 Å². The van der Waals surface area contributed by atoms with E-state index in [-0.39, 0.29) is 24.8 Å². The highest BCUT2D eigenvalue weighted by Crippen LogP contribution is 2.18. The number of piperazine rings is 1. The van der Waals surface area contributed by atoms with Gasteiger partial charge < -0.3 is 15.4 Å². The number of amides is 2. The van der Waals surface area contributed by atoms with Crippen LogP contribution in [0.25, 0.3) is 0 Å². The molecule has 2 heterocycles. The molecule has 1 aromatic carbocycles. The largest absolute Gasteiger partial charge is 0.497 e. The predicted molar refractivity (Wildman–Crippen MR) is 97.8 cm³/mol. The van der Waals surface area contributed by atoms with Gasteiger partial charge in [0.2, 0.25) is 11.8 Å². The summed E-state index contributed by atoms with van der Waals surface area (Å²) >= 11 is 0. The molecular formula is C18H24N6O3. The number of aromatic nitrogens is 3. The molecule has 27 heavy (non-hydrogen) atoms. The Bertz CT molecular complexity index is 806. The highest BCUT2D eigenvalue weighted by atomic mass is 16.5. The number of hydrogen-bond donors (Lipinski definition) is 3. The third-order valence-corrected chi connectivity index (χ3v) is 4.43. The molecule has 3 rings (SSSR count). The molecule has 0 unspecified atom stereocenters. The number of ether oxygens (including phenoxy) is 1. The second-order valence-corrected chi connectivity index (χ2v) is 6.45. The van der Waals surface area contributed by atoms with E-state index >= 15 is 0 Å². The molecule has 2 aromatic rings. The van der Waals surface area contributed by atoms with E-state index < -0.39 is 6.04 Å². The fraction of sp³-hybridized carbons (Fsp3) is 0.444. The monoisotopic (exact) mass is 372 g/mol. The number of nitrogens with one attached hydrogen (secondary N) is 3. The van der Waals surface area contributed by atoms with Crippen molar-refractivity contribution in [3.8, 4) is 5.75 Å². The number of methoxy groups -OCH3 is 1. The molecule has 9 heteroatoms. The van der Waals surface area contributed by atoms with Gasteiger partial charge in [-0.1, -0.05) is 12.1 Å². The van der Waals surface area contributed by atoms with Crippen LogP contribution >= 0.6 is 0 Å². The molecule has 2 amide bonds. The van der Waals surface area contributed by atoms with Crippen LogP contribution in [0.3, 0.4) is 0 Å². The van der Waals surface area contributed by atoms with Crippen molar-refractivity contribution in [3.63, 3.8) is 0 Å². The Morgan fingerprint density at radius 1 is 1.44 bits per heavy atom. The molecule has 9 nitrogen and oxygen atoms in total. The lowest BCUT2D eigenvalue weighted by molar-refractivity contribution is -0.134. The number of carbonyl (C=O) groups excluding carboxylic acids is 2. The normalized spacial score (nSPS) is 17.4. The fourth-order valence-corrected chi connectivity index (χ4v) is 3.07. The van der Waals surface area contributed by atoms with Crippen molar-refractivity contribution < 1.29 is 14.3 Å². The van der Waals surface area contributed by atoms with Gasteiger partial charge in [0.15, 0.2) is 5.82 Å². The lowest BCUT2D eigenvalue weighted by atomic mass is 10.1. The minimum atomic E-state index is -0.515. The first kappa shape index (κ1) is 18.8. The van der Waals surface area contributed by atoms with Crippen molar-refractivity contribution in [2.45, 2.75) is 32.5 Å². The summed E-state index contributed by atoms with van der Waals surface area (Å²) in [4.78, 5) is 30.8. The van der Waals surface area contributed by atoms with Gasteiger partial charge in [-0.05, 0) is 24.6 Å². The fourth-order valence-electron chi connectivity index (χ4n) is 3.07. The Hall–Kier alpha value is -2.94. The summed E-state index contributed by atoms with van der Waals surface area (Å²) in [6.07, 6.45) is 0.0825. The Balaban J connectivity index is 1.61. The molecule has 0 aliphatic carbocycles. The van der Waals surface area contributed by atoms with Gasteiger partial charge in [-0.25, -0.2) is 4.98 Å². The van der Waals surface area contributed by atoms with Crippen LogP contribution in [0.15, 0.2) is 24.3 Å². The van der Waals surface area contributed by atoms with Crippen molar-refractivity contribution in [1.82, 2.24) is 30.7 Å². The van der Waals surface area contributed by atoms with Crippen molar-refractivity contribution >= 4 is 11.8 Å². The van der Waals surface area contributed by atoms with E-state index in [0.717, 1.165) is 11.3 Å². The smallest absolute Gasteiger partial charge is 0.237 e. The SMILES string of the molecule is COc1cccc(CN2CCNC(=O)[C@@H]2CC(=O)NCc2n[nH]c(C)n2)c1. The number of benzene rings is 1. The number of aryl methyl sites for hydroxylation is 1. The van der Waals surface area contributed by atoms with Gasteiger partial charge in [0.25, 0.3) is 0 Å². The van der Waals surface area contributed by atoms with Gasteiger partial charge >= 0.3 is 0 Å². The molecule has 1 saturated heterocycles. The van der Waals surface area contributed by atoms with Gasteiger partial charge in [0.1, 0.15) is 11.6 Å². The molecular weight excluding hydrogens is 348 g/mol. The summed E-state index contributed by atoms with van der Waals surface area (Å²) in [6.45, 7) is 3.84. The molecule has 1 aliphatic rings. The zero-order valence-electron chi connectivity index (χ0n) is 15.5. The maximum absolute atomic E-state index is 12.3. The van der Waals surface area contributed by atoms with Gasteiger partial charge in [0.05, 0.1) is 26.1 Å². The maximum Gasteiger partial charge on any atom is 0.237 e. The van der Waals surface area contributed by atoms with Gasteiger partial charge in [0, 0.05) is 19.6 Å². The molecule has 144 valence electrons. The second-order valence-electron chi connectivity index (χ2n) is 6.45. The third kappa shape index (κ3) is 5.04. The van der Waals surface area contributed by atoms with Crippen LogP contribution in [0.5, 0.6) is 5.75 Å². The zero-order chi connectivity index (χ0) is 19.2. The van der Waals surface area contributed by atoms with E-state index in [2.05, 4.69) is 25.8 Å². The highest BCUT2D eigenvalue weighted by molar-refractivity contribution is 5.88. The molecule has 1 atom stereocenters. The minimum absolute atomic E-state index is 0.0825. The van der Waals surface area contributed by atoms with Crippen LogP contribution in [0.2, 0.25) is 0 Å². The standard InChI is InChI=1S/C18H24N6O3/c1-12-21-16(23-22-12)10-20-17(25)9-15-18(26)19-6-7-24(15)11-13-4-3-5-14(8-13)27-2/h3-5,8,15H,6-7,9-11H2,1-2H3,(H,19,26)(H,20,25)(H,21,22,23)/t15-/m0/s1. The first-order valence-electron chi connectivity index (χ1n) is 8.84. The summed E-state index contributed by atoms with van der Waals surface area (Å²) in [6, 6.07) is 7.20. The van der Waals surface area contributed by atoms with Gasteiger partial charge in [-0.15, -0.1) is 0 Å². The molecule has 1 aliphatic heterocycles. The number of nitrogens with zero attached hydrogens (tertiary/aromatic N) is 3. The van der Waals surface area contributed by atoms with E-state index in [1.54, 1.807) is 14.0 Å². The summed E-state index contributed by atoms with van der Waals surface area (Å²) in [5.74, 6) is 1.63. The summed E-state index contributed by atoms with van der Waals surface area (Å²) in [7, 11) is 1.62. The van der Waals surface area contributed by atoms with Gasteiger partial charge in [-0.2, -0.15) is 5.10 Å². The number of carbonyl (C=O) groups is 2. The van der Waals surface area contributed by atoms with Crippen LogP contribution in [-0.4, -0.2) is 58.1 Å². The predicted octanol–water partition coefficient (Wildman–Crippen LogP) is 0.129. The van der Waals surface area contributed by atoms with E-state index in [1.165, 1.54) is 0 Å². The highest BCUT2D eigenvalue weighted by Gasteiger charge is 2.31. The first-order valence-corrected chi connectivity index (χ1v) is 8.84. The third-order valence-electron chi connectivity index (χ3n) is 4.43. The van der Waals surface area contributed by atoms with Crippen molar-refractivity contribution in [2.24, 2.45) is 0 Å². The quantitative estimate of drug-likeness (QED) is 0.637. The summed E-state index contributed by atoms with van der Waals surface area (Å²) in [5.41, 5.74) is 1.03. The molecule has 0 radical (unpaired) electrons. The number of H-pyrrole nitrogens is 1. The molecule has 0 spiro atoms. The summed E-state index contributed by atoms with van der Waals surface area (Å²) in [5, 5.41) is 12.3. The van der Waals surface area contributed by atoms with Crippen LogP contribution < -0.4 is 15.4 Å². The number of hydrogen-bond acceptors (Lipinski definition) is 6. The Labute approximate surface area is 157 Å². The number of rotatable bonds is 7. The Morgan fingerprint density at radius 2 is 2.30 bits per heavy atom. The molecule has 1 aromatic heterocycles. The Morgan fingerprint density at radius 3 is 3.04 bits per heavy atom. The van der Waals surface area contributed by atoms with Crippen molar-refractivity contribution in [2.75, 3.05) is 20.2 Å². The molecule has 3 N–H and O–H groups in total. The van der Waals surface area contributed by atoms with Crippen LogP contribution in [0.1, 0.15) is 23.6 Å². The lowest BCUT2D eigenvalue weighted by Gasteiger charge is -2.34. The van der Waals surface area contributed by atoms with Crippen LogP contribution in [0.4, 0.5) is 0 Å². The second kappa shape index (κ2) is 8.63. The van der Waals surface area contributed by atoms with Gasteiger partial charge in [-0.3, -0.25) is 19.6 Å². The Kier molecular flexibility index (Phi) is 6.02. The average Bonchev–Trinajstić information content (AvgIpc) is 3.08. The van der Waals surface area contributed by atoms with Crippen molar-refractivity contribution in [3.05, 3.63) is 41.5 Å². The number of aromatic amines is 1. The molecule has 1 fully saturated rings. The van der Waals surface area contributed by atoms with Crippen molar-refractivity contribution in [1.29, 1.82) is 0 Å². The molecule has 0 bridgehead atoms. The lowest BCUT2D eigenvalue weighted by Crippen LogP contribution is -2.56. The van der Waals surface area contributed by atoms with E-state index in [9.17, 15) is 9.59 Å². The topological polar surface area (TPSA) is 112 Å². The maximum atomic E-state index is 12.3. The molecule has 0 saturated carbocycles. The zero-order valence-corrected chi connectivity index (χ0v) is 15.5. The minimum Gasteiger partial charge on any atom is -0.497 e.